The van der Waals surface area contributed by atoms with Gasteiger partial charge in [0.15, 0.2) is 0 Å². The zero-order valence-electron chi connectivity index (χ0n) is 33.0. The van der Waals surface area contributed by atoms with E-state index >= 15 is 0 Å². The standard InChI is InChI=1S/C58H40N2/c1-5-13-41(14-6-1)43-21-31-50(32-22-43)59(48-17-9-3-10-18-48)51-35-25-45(26-36-51)53-37-27-46-29-39-55-56(40-30-47-28-38-54(53)57(46)58(47)55)60(49-19-11-4-12-20-49)52-33-23-44(24-34-52)42-15-7-2-8-16-42/h1-40H. The first kappa shape index (κ1) is 35.2. The molecule has 282 valence electrons. The summed E-state index contributed by atoms with van der Waals surface area (Å²) in [7, 11) is 0. The van der Waals surface area contributed by atoms with Crippen LogP contribution in [0, 0.1) is 0 Å². The molecule has 2 heteroatoms. The van der Waals surface area contributed by atoms with E-state index in [0.717, 1.165) is 34.1 Å². The summed E-state index contributed by atoms with van der Waals surface area (Å²) in [4.78, 5) is 4.73. The molecule has 0 aliphatic carbocycles. The Morgan fingerprint density at radius 3 is 1.08 bits per heavy atom. The molecule has 11 aromatic rings. The number of hydrogen-bond donors (Lipinski definition) is 0. The van der Waals surface area contributed by atoms with E-state index in [4.69, 9.17) is 0 Å². The Balaban J connectivity index is 1.00. The van der Waals surface area contributed by atoms with E-state index < -0.39 is 0 Å². The van der Waals surface area contributed by atoms with Crippen LogP contribution in [0.3, 0.4) is 0 Å². The van der Waals surface area contributed by atoms with Gasteiger partial charge >= 0.3 is 0 Å². The van der Waals surface area contributed by atoms with Crippen LogP contribution in [0.5, 0.6) is 0 Å². The quantitative estimate of drug-likeness (QED) is 0.135. The molecule has 0 atom stereocenters. The highest BCUT2D eigenvalue weighted by Gasteiger charge is 2.20. The third-order valence-corrected chi connectivity index (χ3v) is 11.8. The Morgan fingerprint density at radius 2 is 0.567 bits per heavy atom. The van der Waals surface area contributed by atoms with Crippen molar-refractivity contribution in [1.29, 1.82) is 0 Å². The largest absolute Gasteiger partial charge is 0.311 e. The predicted octanol–water partition coefficient (Wildman–Crippen LogP) is 16.5. The maximum absolute atomic E-state index is 2.40. The number of nitrogens with zero attached hydrogens (tertiary/aromatic N) is 2. The molecule has 0 saturated carbocycles. The van der Waals surface area contributed by atoms with E-state index in [1.54, 1.807) is 0 Å². The molecule has 0 aliphatic rings. The van der Waals surface area contributed by atoms with Crippen LogP contribution in [0.15, 0.2) is 243 Å². The molecule has 0 fully saturated rings. The molecule has 0 radical (unpaired) electrons. The molecule has 2 nitrogen and oxygen atoms in total. The van der Waals surface area contributed by atoms with Crippen molar-refractivity contribution in [2.24, 2.45) is 0 Å². The van der Waals surface area contributed by atoms with Gasteiger partial charge in [-0.2, -0.15) is 0 Å². The van der Waals surface area contributed by atoms with Crippen LogP contribution in [-0.2, 0) is 0 Å². The monoisotopic (exact) mass is 764 g/mol. The third-order valence-electron chi connectivity index (χ3n) is 11.8. The topological polar surface area (TPSA) is 6.48 Å². The first-order valence-electron chi connectivity index (χ1n) is 20.6. The molecule has 11 aromatic carbocycles. The predicted molar refractivity (Wildman–Crippen MR) is 256 cm³/mol. The second-order valence-corrected chi connectivity index (χ2v) is 15.3. The minimum absolute atomic E-state index is 1.11. The van der Waals surface area contributed by atoms with E-state index in [2.05, 4.69) is 252 Å². The van der Waals surface area contributed by atoms with Gasteiger partial charge < -0.3 is 9.80 Å². The SMILES string of the molecule is c1ccc(-c2ccc(N(c3ccccc3)c3ccc(-c4ccc5ccc6c(N(c7ccccc7)c7ccc(-c8ccccc8)cc7)ccc7ccc4c5c76)cc3)cc2)cc1. The summed E-state index contributed by atoms with van der Waals surface area (Å²) in [5.41, 5.74) is 14.0. The van der Waals surface area contributed by atoms with E-state index in [0.29, 0.717) is 0 Å². The lowest BCUT2D eigenvalue weighted by Gasteiger charge is -2.28. The second-order valence-electron chi connectivity index (χ2n) is 15.3. The Labute approximate surface area is 350 Å². The first-order valence-corrected chi connectivity index (χ1v) is 20.6. The van der Waals surface area contributed by atoms with Crippen LogP contribution in [0.25, 0.3) is 65.7 Å². The highest BCUT2D eigenvalue weighted by molar-refractivity contribution is 6.27. The second kappa shape index (κ2) is 15.1. The van der Waals surface area contributed by atoms with Crippen LogP contribution < -0.4 is 9.80 Å². The van der Waals surface area contributed by atoms with Gasteiger partial charge in [-0.05, 0) is 127 Å². The molecule has 60 heavy (non-hydrogen) atoms. The van der Waals surface area contributed by atoms with Gasteiger partial charge in [0.1, 0.15) is 0 Å². The summed E-state index contributed by atoms with van der Waals surface area (Å²) < 4.78 is 0. The summed E-state index contributed by atoms with van der Waals surface area (Å²) in [6.07, 6.45) is 0. The molecule has 0 heterocycles. The third kappa shape index (κ3) is 6.32. The molecule has 0 aromatic heterocycles. The molecule has 0 unspecified atom stereocenters. The van der Waals surface area contributed by atoms with Gasteiger partial charge in [0.2, 0.25) is 0 Å². The lowest BCUT2D eigenvalue weighted by molar-refractivity contribution is 1.28. The zero-order chi connectivity index (χ0) is 39.8. The van der Waals surface area contributed by atoms with Gasteiger partial charge in [0, 0.05) is 33.8 Å². The Bertz CT molecular complexity index is 3200. The smallest absolute Gasteiger partial charge is 0.0540 e. The van der Waals surface area contributed by atoms with Crippen molar-refractivity contribution in [2.45, 2.75) is 0 Å². The molecule has 0 bridgehead atoms. The van der Waals surface area contributed by atoms with Crippen LogP contribution in [0.2, 0.25) is 0 Å². The van der Waals surface area contributed by atoms with Crippen LogP contribution in [0.4, 0.5) is 34.1 Å². The highest BCUT2D eigenvalue weighted by atomic mass is 15.1. The summed E-state index contributed by atoms with van der Waals surface area (Å²) in [6, 6.07) is 87.7. The number of anilines is 6. The highest BCUT2D eigenvalue weighted by Crippen LogP contribution is 2.46. The van der Waals surface area contributed by atoms with Crippen molar-refractivity contribution < 1.29 is 0 Å². The lowest BCUT2D eigenvalue weighted by Crippen LogP contribution is -2.10. The van der Waals surface area contributed by atoms with Gasteiger partial charge in [-0.25, -0.2) is 0 Å². The molecule has 0 spiro atoms. The van der Waals surface area contributed by atoms with Crippen molar-refractivity contribution >= 4 is 66.4 Å². The average molecular weight is 765 g/mol. The summed E-state index contributed by atoms with van der Waals surface area (Å²) in [5.74, 6) is 0. The lowest BCUT2D eigenvalue weighted by atomic mass is 9.89. The normalized spacial score (nSPS) is 11.3. The summed E-state index contributed by atoms with van der Waals surface area (Å²) in [5, 5.41) is 7.55. The Kier molecular flexibility index (Phi) is 8.87. The molecule has 11 rings (SSSR count). The van der Waals surface area contributed by atoms with E-state index in [9.17, 15) is 0 Å². The van der Waals surface area contributed by atoms with Gasteiger partial charge in [0.05, 0.1) is 5.69 Å². The number of para-hydroxylation sites is 2. The fourth-order valence-electron chi connectivity index (χ4n) is 8.92. The molecule has 0 N–H and O–H groups in total. The first-order chi connectivity index (χ1) is 29.8. The van der Waals surface area contributed by atoms with E-state index in [1.807, 2.05) is 0 Å². The van der Waals surface area contributed by atoms with Gasteiger partial charge in [-0.1, -0.05) is 176 Å². The Morgan fingerprint density at radius 1 is 0.217 bits per heavy atom. The van der Waals surface area contributed by atoms with E-state index in [-0.39, 0.29) is 0 Å². The maximum atomic E-state index is 2.40. The molecule has 0 aliphatic heterocycles. The number of benzene rings is 11. The average Bonchev–Trinajstić information content (AvgIpc) is 3.33. The van der Waals surface area contributed by atoms with Crippen molar-refractivity contribution in [3.05, 3.63) is 243 Å². The van der Waals surface area contributed by atoms with Crippen molar-refractivity contribution in [3.8, 4) is 33.4 Å². The van der Waals surface area contributed by atoms with Crippen molar-refractivity contribution in [3.63, 3.8) is 0 Å². The maximum Gasteiger partial charge on any atom is 0.0540 e. The van der Waals surface area contributed by atoms with Crippen LogP contribution in [0.1, 0.15) is 0 Å². The number of hydrogen-bond acceptors (Lipinski definition) is 2. The van der Waals surface area contributed by atoms with Gasteiger partial charge in [0.25, 0.3) is 0 Å². The fraction of sp³-hybridized carbons (Fsp3) is 0. The molecular formula is C58H40N2. The zero-order valence-corrected chi connectivity index (χ0v) is 33.0. The summed E-state index contributed by atoms with van der Waals surface area (Å²) in [6.45, 7) is 0. The number of rotatable bonds is 9. The van der Waals surface area contributed by atoms with Crippen LogP contribution in [-0.4, -0.2) is 0 Å². The molecule has 0 saturated heterocycles. The van der Waals surface area contributed by atoms with Crippen molar-refractivity contribution in [2.75, 3.05) is 9.80 Å². The van der Waals surface area contributed by atoms with Crippen LogP contribution >= 0.6 is 0 Å². The molecule has 0 amide bonds. The van der Waals surface area contributed by atoms with Gasteiger partial charge in [-0.15, -0.1) is 0 Å². The molecular weight excluding hydrogens is 725 g/mol. The minimum Gasteiger partial charge on any atom is -0.311 e. The summed E-state index contributed by atoms with van der Waals surface area (Å²) >= 11 is 0. The van der Waals surface area contributed by atoms with E-state index in [1.165, 1.54) is 65.7 Å². The Hall–Kier alpha value is -7.94. The fourth-order valence-corrected chi connectivity index (χ4v) is 8.92. The van der Waals surface area contributed by atoms with Gasteiger partial charge in [-0.3, -0.25) is 0 Å². The minimum atomic E-state index is 1.11. The van der Waals surface area contributed by atoms with Crippen molar-refractivity contribution in [1.82, 2.24) is 0 Å².